The van der Waals surface area contributed by atoms with Gasteiger partial charge < -0.3 is 10.1 Å². The molecule has 180 valence electrons. The smallest absolute Gasteiger partial charge is 0.256 e. The first kappa shape index (κ1) is 24.2. The number of benzene rings is 3. The van der Waals surface area contributed by atoms with Crippen LogP contribution in [0.15, 0.2) is 60.8 Å². The lowest BCUT2D eigenvalue weighted by Gasteiger charge is -2.09. The Morgan fingerprint density at radius 2 is 1.60 bits per heavy atom. The topological polar surface area (TPSA) is 56.2 Å². The average Bonchev–Trinajstić information content (AvgIpc) is 3.30. The van der Waals surface area contributed by atoms with E-state index in [4.69, 9.17) is 16.3 Å². The molecule has 1 amide bonds. The molecule has 5 nitrogen and oxygen atoms in total. The van der Waals surface area contributed by atoms with Crippen LogP contribution in [0.3, 0.4) is 0 Å². The molecule has 0 saturated heterocycles. The number of carbonyl (C=O) groups is 1. The SMILES string of the molecule is O=C(Nc1ccn(Cc2c(F)c(F)c(F)c(F)c2F)n1)c1cccc(COc2ccccc2Cl)c1. The number of rotatable bonds is 7. The summed E-state index contributed by atoms with van der Waals surface area (Å²) in [7, 11) is 0. The van der Waals surface area contributed by atoms with E-state index in [1.165, 1.54) is 12.3 Å². The minimum absolute atomic E-state index is 0.0107. The molecule has 0 spiro atoms. The van der Waals surface area contributed by atoms with E-state index in [1.807, 2.05) is 0 Å². The number of halogens is 6. The van der Waals surface area contributed by atoms with Crippen LogP contribution in [-0.2, 0) is 13.2 Å². The van der Waals surface area contributed by atoms with E-state index in [0.717, 1.165) is 4.68 Å². The highest BCUT2D eigenvalue weighted by atomic mass is 35.5. The van der Waals surface area contributed by atoms with E-state index in [2.05, 4.69) is 10.4 Å². The zero-order chi connectivity index (χ0) is 25.1. The molecule has 3 aromatic carbocycles. The van der Waals surface area contributed by atoms with Gasteiger partial charge in [0.1, 0.15) is 12.4 Å². The summed E-state index contributed by atoms with van der Waals surface area (Å²) in [6, 6.07) is 14.8. The molecule has 1 N–H and O–H groups in total. The van der Waals surface area contributed by atoms with Crippen molar-refractivity contribution < 1.29 is 31.5 Å². The van der Waals surface area contributed by atoms with Crippen LogP contribution in [0.25, 0.3) is 0 Å². The van der Waals surface area contributed by atoms with Crippen molar-refractivity contribution in [3.05, 3.63) is 112 Å². The van der Waals surface area contributed by atoms with Crippen molar-refractivity contribution in [1.29, 1.82) is 0 Å². The molecule has 0 aliphatic rings. The summed E-state index contributed by atoms with van der Waals surface area (Å²) < 4.78 is 74.4. The van der Waals surface area contributed by atoms with Crippen LogP contribution in [0.5, 0.6) is 5.75 Å². The Bertz CT molecular complexity index is 1380. The highest BCUT2D eigenvalue weighted by Gasteiger charge is 2.26. The van der Waals surface area contributed by atoms with Crippen molar-refractivity contribution in [2.24, 2.45) is 0 Å². The number of ether oxygens (including phenoxy) is 1. The van der Waals surface area contributed by atoms with E-state index in [-0.39, 0.29) is 18.0 Å². The van der Waals surface area contributed by atoms with Crippen LogP contribution in [-0.4, -0.2) is 15.7 Å². The molecule has 35 heavy (non-hydrogen) atoms. The summed E-state index contributed by atoms with van der Waals surface area (Å²) in [5.74, 6) is -10.3. The van der Waals surface area contributed by atoms with Crippen LogP contribution in [0.1, 0.15) is 21.5 Å². The number of para-hydroxylation sites is 1. The van der Waals surface area contributed by atoms with E-state index >= 15 is 0 Å². The quantitative estimate of drug-likeness (QED) is 0.186. The van der Waals surface area contributed by atoms with Crippen molar-refractivity contribution in [2.45, 2.75) is 13.2 Å². The van der Waals surface area contributed by atoms with Gasteiger partial charge in [0.15, 0.2) is 29.1 Å². The van der Waals surface area contributed by atoms with Gasteiger partial charge in [-0.1, -0.05) is 35.9 Å². The molecule has 11 heteroatoms. The average molecular weight is 508 g/mol. The van der Waals surface area contributed by atoms with Crippen LogP contribution >= 0.6 is 11.6 Å². The first-order valence-electron chi connectivity index (χ1n) is 10.1. The third kappa shape index (κ3) is 5.27. The van der Waals surface area contributed by atoms with Crippen LogP contribution in [0.2, 0.25) is 5.02 Å². The van der Waals surface area contributed by atoms with Gasteiger partial charge in [-0.3, -0.25) is 9.48 Å². The fourth-order valence-electron chi connectivity index (χ4n) is 3.18. The molecule has 0 atom stereocenters. The maximum Gasteiger partial charge on any atom is 0.256 e. The van der Waals surface area contributed by atoms with Crippen molar-refractivity contribution >= 4 is 23.3 Å². The zero-order valence-corrected chi connectivity index (χ0v) is 18.4. The number of carbonyl (C=O) groups excluding carboxylic acids is 1. The van der Waals surface area contributed by atoms with E-state index in [9.17, 15) is 26.7 Å². The first-order valence-corrected chi connectivity index (χ1v) is 10.4. The fourth-order valence-corrected chi connectivity index (χ4v) is 3.37. The molecule has 0 aliphatic heterocycles. The molecule has 0 bridgehead atoms. The summed E-state index contributed by atoms with van der Waals surface area (Å²) >= 11 is 6.06. The first-order chi connectivity index (χ1) is 16.7. The van der Waals surface area contributed by atoms with Crippen molar-refractivity contribution in [3.8, 4) is 5.75 Å². The maximum absolute atomic E-state index is 13.9. The molecule has 1 heterocycles. The molecule has 4 rings (SSSR count). The number of aromatic nitrogens is 2. The Labute approximate surface area is 200 Å². The fraction of sp³-hybridized carbons (Fsp3) is 0.0833. The van der Waals surface area contributed by atoms with Gasteiger partial charge >= 0.3 is 0 Å². The summed E-state index contributed by atoms with van der Waals surface area (Å²) in [5, 5.41) is 6.87. The standard InChI is InChI=1S/C24H15ClF5N3O2/c25-16-6-1-2-7-17(16)35-12-13-4-3-5-14(10-13)24(34)31-18-8-9-33(32-18)11-15-19(26)21(28)23(30)22(29)20(15)27/h1-10H,11-12H2,(H,31,32,34). The molecule has 4 aromatic rings. The Morgan fingerprint density at radius 3 is 2.31 bits per heavy atom. The van der Waals surface area contributed by atoms with Gasteiger partial charge in [0.05, 0.1) is 17.1 Å². The van der Waals surface area contributed by atoms with E-state index in [1.54, 1.807) is 48.5 Å². The minimum atomic E-state index is -2.24. The van der Waals surface area contributed by atoms with Gasteiger partial charge in [0.25, 0.3) is 5.91 Å². The molecular formula is C24H15ClF5N3O2. The maximum atomic E-state index is 13.9. The summed E-state index contributed by atoms with van der Waals surface area (Å²) in [6.07, 6.45) is 1.22. The second-order valence-corrected chi connectivity index (χ2v) is 7.73. The normalized spacial score (nSPS) is 10.9. The molecule has 0 radical (unpaired) electrons. The Kier molecular flexibility index (Phi) is 7.02. The van der Waals surface area contributed by atoms with Crippen LogP contribution in [0, 0.1) is 29.1 Å². The van der Waals surface area contributed by atoms with E-state index < -0.39 is 47.1 Å². The Balaban J connectivity index is 1.44. The predicted octanol–water partition coefficient (Wildman–Crippen LogP) is 6.11. The third-order valence-electron chi connectivity index (χ3n) is 4.92. The van der Waals surface area contributed by atoms with Crippen molar-refractivity contribution in [3.63, 3.8) is 0 Å². The monoisotopic (exact) mass is 507 g/mol. The van der Waals surface area contributed by atoms with Gasteiger partial charge in [0, 0.05) is 17.8 Å². The van der Waals surface area contributed by atoms with E-state index in [0.29, 0.717) is 16.3 Å². The Morgan fingerprint density at radius 1 is 0.914 bits per heavy atom. The van der Waals surface area contributed by atoms with Gasteiger partial charge in [0.2, 0.25) is 5.82 Å². The number of nitrogens with zero attached hydrogens (tertiary/aromatic N) is 2. The zero-order valence-electron chi connectivity index (χ0n) is 17.7. The molecule has 0 aliphatic carbocycles. The highest BCUT2D eigenvalue weighted by Crippen LogP contribution is 2.25. The third-order valence-corrected chi connectivity index (χ3v) is 5.24. The van der Waals surface area contributed by atoms with Gasteiger partial charge in [-0.2, -0.15) is 5.10 Å². The number of anilines is 1. The van der Waals surface area contributed by atoms with Gasteiger partial charge in [-0.25, -0.2) is 22.0 Å². The second kappa shape index (κ2) is 10.1. The molecule has 0 saturated carbocycles. The number of nitrogens with one attached hydrogen (secondary N) is 1. The molecule has 1 aromatic heterocycles. The number of hydrogen-bond donors (Lipinski definition) is 1. The lowest BCUT2D eigenvalue weighted by Crippen LogP contribution is -2.14. The van der Waals surface area contributed by atoms with Crippen LogP contribution in [0.4, 0.5) is 27.8 Å². The Hall–Kier alpha value is -3.92. The molecule has 0 unspecified atom stereocenters. The second-order valence-electron chi connectivity index (χ2n) is 7.32. The van der Waals surface area contributed by atoms with Crippen LogP contribution < -0.4 is 10.1 Å². The highest BCUT2D eigenvalue weighted by molar-refractivity contribution is 6.32. The lowest BCUT2D eigenvalue weighted by atomic mass is 10.1. The minimum Gasteiger partial charge on any atom is -0.487 e. The lowest BCUT2D eigenvalue weighted by molar-refractivity contribution is 0.102. The predicted molar refractivity (Wildman–Crippen MR) is 118 cm³/mol. The number of amides is 1. The molecule has 0 fully saturated rings. The van der Waals surface area contributed by atoms with Crippen molar-refractivity contribution in [1.82, 2.24) is 9.78 Å². The molecular weight excluding hydrogens is 493 g/mol. The number of hydrogen-bond acceptors (Lipinski definition) is 3. The summed E-state index contributed by atoms with van der Waals surface area (Å²) in [6.45, 7) is -0.585. The van der Waals surface area contributed by atoms with Gasteiger partial charge in [-0.05, 0) is 29.8 Å². The van der Waals surface area contributed by atoms with Gasteiger partial charge in [-0.15, -0.1) is 0 Å². The largest absolute Gasteiger partial charge is 0.487 e. The summed E-state index contributed by atoms with van der Waals surface area (Å²) in [5.41, 5.74) is -0.0809. The van der Waals surface area contributed by atoms with Crippen molar-refractivity contribution in [2.75, 3.05) is 5.32 Å². The summed E-state index contributed by atoms with van der Waals surface area (Å²) in [4.78, 5) is 12.6.